The summed E-state index contributed by atoms with van der Waals surface area (Å²) in [4.78, 5) is 4.46. The molecule has 1 atom stereocenters. The van der Waals surface area contributed by atoms with Gasteiger partial charge in [-0.15, -0.1) is 0 Å². The Hall–Kier alpha value is -0.830. The van der Waals surface area contributed by atoms with Crippen LogP contribution in [-0.4, -0.2) is 9.55 Å². The number of nitrogens with two attached hydrogens (primary N) is 1. The summed E-state index contributed by atoms with van der Waals surface area (Å²) in [6.45, 7) is 3.96. The molecule has 0 saturated heterocycles. The predicted octanol–water partition coefficient (Wildman–Crippen LogP) is 0.924. The van der Waals surface area contributed by atoms with Crippen LogP contribution in [0.1, 0.15) is 24.9 Å². The number of hydrogen-bond donors (Lipinski definition) is 1. The standard InChI is InChI=1S/C9H15N3/c1-7-2-3-12-6-8(5-10)11-9(12)4-7/h6-7H,2-5,10H2,1H3. The van der Waals surface area contributed by atoms with Crippen LogP contribution in [0.4, 0.5) is 0 Å². The lowest BCUT2D eigenvalue weighted by Crippen LogP contribution is -2.16. The van der Waals surface area contributed by atoms with E-state index in [9.17, 15) is 0 Å². The van der Waals surface area contributed by atoms with Crippen molar-refractivity contribution in [1.29, 1.82) is 0 Å². The van der Waals surface area contributed by atoms with Crippen molar-refractivity contribution in [3.63, 3.8) is 0 Å². The largest absolute Gasteiger partial charge is 0.335 e. The second kappa shape index (κ2) is 2.90. The fourth-order valence-electron chi connectivity index (χ4n) is 1.74. The summed E-state index contributed by atoms with van der Waals surface area (Å²) in [5.74, 6) is 2.00. The average Bonchev–Trinajstić information content (AvgIpc) is 2.46. The van der Waals surface area contributed by atoms with Crippen LogP contribution in [0.15, 0.2) is 6.20 Å². The molecule has 0 bridgehead atoms. The van der Waals surface area contributed by atoms with Crippen molar-refractivity contribution >= 4 is 0 Å². The Morgan fingerprint density at radius 1 is 1.75 bits per heavy atom. The molecule has 2 rings (SSSR count). The Bertz CT molecular complexity index is 277. The molecule has 3 nitrogen and oxygen atoms in total. The van der Waals surface area contributed by atoms with Crippen LogP contribution in [0, 0.1) is 5.92 Å². The van der Waals surface area contributed by atoms with E-state index in [0.717, 1.165) is 24.6 Å². The molecule has 12 heavy (non-hydrogen) atoms. The number of aryl methyl sites for hydroxylation is 1. The molecule has 1 aliphatic rings. The van der Waals surface area contributed by atoms with Gasteiger partial charge in [-0.25, -0.2) is 4.98 Å². The summed E-state index contributed by atoms with van der Waals surface area (Å²) >= 11 is 0. The van der Waals surface area contributed by atoms with Crippen molar-refractivity contribution in [3.8, 4) is 0 Å². The number of fused-ring (bicyclic) bond motifs is 1. The first kappa shape index (κ1) is 7.80. The molecule has 0 amide bonds. The third-order valence-corrected chi connectivity index (χ3v) is 2.51. The van der Waals surface area contributed by atoms with E-state index in [-0.39, 0.29) is 0 Å². The first-order valence-electron chi connectivity index (χ1n) is 4.54. The van der Waals surface area contributed by atoms with Gasteiger partial charge in [-0.05, 0) is 12.3 Å². The fraction of sp³-hybridized carbons (Fsp3) is 0.667. The van der Waals surface area contributed by atoms with Crippen LogP contribution >= 0.6 is 0 Å². The molecule has 1 aromatic rings. The van der Waals surface area contributed by atoms with E-state index in [0.29, 0.717) is 6.54 Å². The van der Waals surface area contributed by atoms with Crippen molar-refractivity contribution in [2.45, 2.75) is 32.9 Å². The molecule has 2 heterocycles. The normalized spacial score (nSPS) is 22.3. The molecule has 0 aromatic carbocycles. The highest BCUT2D eigenvalue weighted by molar-refractivity contribution is 5.06. The molecule has 3 heteroatoms. The summed E-state index contributed by atoms with van der Waals surface area (Å²) in [5.41, 5.74) is 6.55. The number of nitrogens with zero attached hydrogens (tertiary/aromatic N) is 2. The second-order valence-electron chi connectivity index (χ2n) is 3.64. The first-order chi connectivity index (χ1) is 5.79. The minimum Gasteiger partial charge on any atom is -0.335 e. The van der Waals surface area contributed by atoms with E-state index in [1.54, 1.807) is 0 Å². The highest BCUT2D eigenvalue weighted by atomic mass is 15.1. The highest BCUT2D eigenvalue weighted by Crippen LogP contribution is 2.19. The van der Waals surface area contributed by atoms with E-state index in [1.807, 2.05) is 0 Å². The molecule has 1 unspecified atom stereocenters. The second-order valence-corrected chi connectivity index (χ2v) is 3.64. The first-order valence-corrected chi connectivity index (χ1v) is 4.54. The molecule has 2 N–H and O–H groups in total. The lowest BCUT2D eigenvalue weighted by Gasteiger charge is -2.18. The monoisotopic (exact) mass is 165 g/mol. The number of rotatable bonds is 1. The smallest absolute Gasteiger partial charge is 0.109 e. The van der Waals surface area contributed by atoms with Crippen LogP contribution < -0.4 is 5.73 Å². The Balaban J connectivity index is 2.28. The van der Waals surface area contributed by atoms with Crippen LogP contribution in [0.5, 0.6) is 0 Å². The van der Waals surface area contributed by atoms with Gasteiger partial charge in [0.2, 0.25) is 0 Å². The summed E-state index contributed by atoms with van der Waals surface area (Å²) in [7, 11) is 0. The topological polar surface area (TPSA) is 43.8 Å². The molecule has 0 radical (unpaired) electrons. The van der Waals surface area contributed by atoms with Crippen LogP contribution in [0.25, 0.3) is 0 Å². The summed E-state index contributed by atoms with van der Waals surface area (Å²) in [6.07, 6.45) is 4.47. The lowest BCUT2D eigenvalue weighted by atomic mass is 10.0. The van der Waals surface area contributed by atoms with E-state index in [2.05, 4.69) is 22.7 Å². The Morgan fingerprint density at radius 3 is 3.33 bits per heavy atom. The Kier molecular flexibility index (Phi) is 1.89. The predicted molar refractivity (Wildman–Crippen MR) is 47.6 cm³/mol. The molecule has 0 spiro atoms. The molecular weight excluding hydrogens is 150 g/mol. The molecule has 0 saturated carbocycles. The van der Waals surface area contributed by atoms with Crippen LogP contribution in [0.3, 0.4) is 0 Å². The van der Waals surface area contributed by atoms with Crippen molar-refractivity contribution in [2.75, 3.05) is 0 Å². The molecule has 1 aliphatic heterocycles. The molecule has 1 aromatic heterocycles. The maximum atomic E-state index is 5.52. The SMILES string of the molecule is CC1CCn2cc(CN)nc2C1. The van der Waals surface area contributed by atoms with Gasteiger partial charge in [0.1, 0.15) is 5.82 Å². The number of hydrogen-bond acceptors (Lipinski definition) is 2. The molecule has 66 valence electrons. The van der Waals surface area contributed by atoms with Crippen LogP contribution in [-0.2, 0) is 19.5 Å². The van der Waals surface area contributed by atoms with Gasteiger partial charge in [-0.2, -0.15) is 0 Å². The van der Waals surface area contributed by atoms with Crippen LogP contribution in [0.2, 0.25) is 0 Å². The molecular formula is C9H15N3. The zero-order valence-corrected chi connectivity index (χ0v) is 7.45. The Labute approximate surface area is 72.6 Å². The quantitative estimate of drug-likeness (QED) is 0.672. The Morgan fingerprint density at radius 2 is 2.58 bits per heavy atom. The van der Waals surface area contributed by atoms with Crippen molar-refractivity contribution in [3.05, 3.63) is 17.7 Å². The van der Waals surface area contributed by atoms with Gasteiger partial charge in [0.15, 0.2) is 0 Å². The molecule has 0 fully saturated rings. The number of aromatic nitrogens is 2. The molecule has 0 aliphatic carbocycles. The van der Waals surface area contributed by atoms with Gasteiger partial charge in [-0.3, -0.25) is 0 Å². The minimum absolute atomic E-state index is 0.564. The summed E-state index contributed by atoms with van der Waals surface area (Å²) < 4.78 is 2.24. The summed E-state index contributed by atoms with van der Waals surface area (Å²) in [6, 6.07) is 0. The van der Waals surface area contributed by atoms with Crippen molar-refractivity contribution < 1.29 is 0 Å². The lowest BCUT2D eigenvalue weighted by molar-refractivity contribution is 0.409. The maximum absolute atomic E-state index is 5.52. The number of imidazole rings is 1. The average molecular weight is 165 g/mol. The summed E-state index contributed by atoms with van der Waals surface area (Å²) in [5, 5.41) is 0. The van der Waals surface area contributed by atoms with Gasteiger partial charge in [0.25, 0.3) is 0 Å². The van der Waals surface area contributed by atoms with Gasteiger partial charge in [-0.1, -0.05) is 6.92 Å². The van der Waals surface area contributed by atoms with E-state index < -0.39 is 0 Å². The van der Waals surface area contributed by atoms with Crippen molar-refractivity contribution in [2.24, 2.45) is 11.7 Å². The van der Waals surface area contributed by atoms with E-state index in [1.165, 1.54) is 12.2 Å². The van der Waals surface area contributed by atoms with Gasteiger partial charge in [0.05, 0.1) is 5.69 Å². The van der Waals surface area contributed by atoms with Gasteiger partial charge in [0, 0.05) is 25.7 Å². The zero-order chi connectivity index (χ0) is 8.55. The van der Waals surface area contributed by atoms with Gasteiger partial charge < -0.3 is 10.3 Å². The minimum atomic E-state index is 0.564. The third-order valence-electron chi connectivity index (χ3n) is 2.51. The third kappa shape index (κ3) is 1.25. The zero-order valence-electron chi connectivity index (χ0n) is 7.45. The van der Waals surface area contributed by atoms with E-state index in [4.69, 9.17) is 5.73 Å². The maximum Gasteiger partial charge on any atom is 0.109 e. The fourth-order valence-corrected chi connectivity index (χ4v) is 1.74. The highest BCUT2D eigenvalue weighted by Gasteiger charge is 2.16. The van der Waals surface area contributed by atoms with Gasteiger partial charge >= 0.3 is 0 Å². The van der Waals surface area contributed by atoms with Crippen molar-refractivity contribution in [1.82, 2.24) is 9.55 Å². The van der Waals surface area contributed by atoms with E-state index >= 15 is 0 Å².